The van der Waals surface area contributed by atoms with Crippen LogP contribution in [-0.4, -0.2) is 14.9 Å². The molecule has 0 spiro atoms. The molecule has 0 amide bonds. The van der Waals surface area contributed by atoms with Crippen LogP contribution in [-0.2, 0) is 20.1 Å². The smallest absolute Gasteiger partial charge is 0.121 e. The van der Waals surface area contributed by atoms with Crippen molar-refractivity contribution in [2.24, 2.45) is 7.05 Å². The number of rotatable bonds is 4. The SMILES string of the molecule is Cn1nccc1CNCc1c(O)cccc1Cl. The Balaban J connectivity index is 1.97. The molecule has 0 bridgehead atoms. The Labute approximate surface area is 105 Å². The van der Waals surface area contributed by atoms with Crippen molar-refractivity contribution in [1.29, 1.82) is 0 Å². The highest BCUT2D eigenvalue weighted by Crippen LogP contribution is 2.24. The number of hydrogen-bond donors (Lipinski definition) is 2. The number of hydrogen-bond acceptors (Lipinski definition) is 3. The van der Waals surface area contributed by atoms with Gasteiger partial charge in [-0.3, -0.25) is 4.68 Å². The van der Waals surface area contributed by atoms with Crippen LogP contribution in [0.3, 0.4) is 0 Å². The molecular formula is C12H14ClN3O. The fraction of sp³-hybridized carbons (Fsp3) is 0.250. The monoisotopic (exact) mass is 251 g/mol. The maximum Gasteiger partial charge on any atom is 0.121 e. The van der Waals surface area contributed by atoms with Crippen molar-refractivity contribution >= 4 is 11.6 Å². The van der Waals surface area contributed by atoms with Crippen LogP contribution < -0.4 is 5.32 Å². The number of aromatic nitrogens is 2. The molecule has 1 aromatic carbocycles. The first-order chi connectivity index (χ1) is 8.18. The second-order valence-electron chi connectivity index (χ2n) is 3.79. The van der Waals surface area contributed by atoms with Crippen LogP contribution in [0.15, 0.2) is 30.5 Å². The van der Waals surface area contributed by atoms with Crippen molar-refractivity contribution in [3.8, 4) is 5.75 Å². The molecule has 17 heavy (non-hydrogen) atoms. The Kier molecular flexibility index (Phi) is 3.66. The number of benzene rings is 1. The largest absolute Gasteiger partial charge is 0.508 e. The van der Waals surface area contributed by atoms with Crippen molar-refractivity contribution in [1.82, 2.24) is 15.1 Å². The van der Waals surface area contributed by atoms with Crippen LogP contribution in [0, 0.1) is 0 Å². The van der Waals surface area contributed by atoms with E-state index in [9.17, 15) is 5.11 Å². The van der Waals surface area contributed by atoms with Gasteiger partial charge in [-0.1, -0.05) is 17.7 Å². The molecule has 2 rings (SSSR count). The van der Waals surface area contributed by atoms with Gasteiger partial charge in [0.2, 0.25) is 0 Å². The molecule has 0 unspecified atom stereocenters. The molecule has 0 aliphatic rings. The molecule has 4 nitrogen and oxygen atoms in total. The number of aromatic hydroxyl groups is 1. The maximum absolute atomic E-state index is 9.66. The summed E-state index contributed by atoms with van der Waals surface area (Å²) in [6.45, 7) is 1.21. The molecule has 5 heteroatoms. The molecule has 0 atom stereocenters. The third-order valence-electron chi connectivity index (χ3n) is 2.62. The minimum absolute atomic E-state index is 0.218. The van der Waals surface area contributed by atoms with E-state index in [1.807, 2.05) is 13.1 Å². The highest BCUT2D eigenvalue weighted by atomic mass is 35.5. The Morgan fingerprint density at radius 1 is 1.35 bits per heavy atom. The maximum atomic E-state index is 9.66. The van der Waals surface area contributed by atoms with E-state index < -0.39 is 0 Å². The van der Waals surface area contributed by atoms with Crippen LogP contribution in [0.2, 0.25) is 5.02 Å². The Morgan fingerprint density at radius 2 is 2.18 bits per heavy atom. The molecule has 0 saturated heterocycles. The predicted molar refractivity (Wildman–Crippen MR) is 66.9 cm³/mol. The minimum atomic E-state index is 0.218. The Morgan fingerprint density at radius 3 is 2.82 bits per heavy atom. The summed E-state index contributed by atoms with van der Waals surface area (Å²) in [5.74, 6) is 0.218. The molecule has 0 saturated carbocycles. The number of nitrogens with zero attached hydrogens (tertiary/aromatic N) is 2. The summed E-state index contributed by atoms with van der Waals surface area (Å²) < 4.78 is 1.81. The third kappa shape index (κ3) is 2.78. The van der Waals surface area contributed by atoms with Gasteiger partial charge in [0.05, 0.1) is 5.69 Å². The third-order valence-corrected chi connectivity index (χ3v) is 2.98. The van der Waals surface area contributed by atoms with Gasteiger partial charge in [0, 0.05) is 36.9 Å². The molecule has 0 fully saturated rings. The molecule has 2 N–H and O–H groups in total. The van der Waals surface area contributed by atoms with Gasteiger partial charge >= 0.3 is 0 Å². The van der Waals surface area contributed by atoms with Gasteiger partial charge in [0.15, 0.2) is 0 Å². The zero-order valence-corrected chi connectivity index (χ0v) is 10.3. The normalized spacial score (nSPS) is 10.7. The highest BCUT2D eigenvalue weighted by Gasteiger charge is 2.05. The van der Waals surface area contributed by atoms with E-state index in [1.54, 1.807) is 29.1 Å². The zero-order valence-electron chi connectivity index (χ0n) is 9.52. The second-order valence-corrected chi connectivity index (χ2v) is 4.19. The topological polar surface area (TPSA) is 50.1 Å². The first-order valence-corrected chi connectivity index (χ1v) is 5.70. The van der Waals surface area contributed by atoms with Crippen LogP contribution in [0.5, 0.6) is 5.75 Å². The molecule has 0 radical (unpaired) electrons. The van der Waals surface area contributed by atoms with E-state index in [2.05, 4.69) is 10.4 Å². The molecular weight excluding hydrogens is 238 g/mol. The average Bonchev–Trinajstić information content (AvgIpc) is 2.69. The predicted octanol–water partition coefficient (Wildman–Crippen LogP) is 2.07. The van der Waals surface area contributed by atoms with Crippen molar-refractivity contribution < 1.29 is 5.11 Å². The molecule has 0 aliphatic heterocycles. The van der Waals surface area contributed by atoms with Gasteiger partial charge in [-0.2, -0.15) is 5.10 Å². The molecule has 0 aliphatic carbocycles. The number of nitrogens with one attached hydrogen (secondary N) is 1. The fourth-order valence-electron chi connectivity index (χ4n) is 1.61. The molecule has 1 heterocycles. The van der Waals surface area contributed by atoms with Crippen LogP contribution in [0.25, 0.3) is 0 Å². The lowest BCUT2D eigenvalue weighted by atomic mass is 10.2. The summed E-state index contributed by atoms with van der Waals surface area (Å²) in [4.78, 5) is 0. The summed E-state index contributed by atoms with van der Waals surface area (Å²) >= 11 is 6.00. The van der Waals surface area contributed by atoms with Gasteiger partial charge in [-0.15, -0.1) is 0 Å². The fourth-order valence-corrected chi connectivity index (χ4v) is 1.85. The quantitative estimate of drug-likeness (QED) is 0.875. The van der Waals surface area contributed by atoms with Gasteiger partial charge in [0.25, 0.3) is 0 Å². The second kappa shape index (κ2) is 5.21. The van der Waals surface area contributed by atoms with E-state index in [0.29, 0.717) is 18.1 Å². The van der Waals surface area contributed by atoms with Gasteiger partial charge < -0.3 is 10.4 Å². The summed E-state index contributed by atoms with van der Waals surface area (Å²) in [5, 5.41) is 17.5. The van der Waals surface area contributed by atoms with Crippen molar-refractivity contribution in [3.05, 3.63) is 46.7 Å². The van der Waals surface area contributed by atoms with Gasteiger partial charge in [-0.25, -0.2) is 0 Å². The number of halogens is 1. The van der Waals surface area contributed by atoms with E-state index in [-0.39, 0.29) is 5.75 Å². The van der Waals surface area contributed by atoms with E-state index >= 15 is 0 Å². The first kappa shape index (κ1) is 12.0. The summed E-state index contributed by atoms with van der Waals surface area (Å²) in [5.41, 5.74) is 1.80. The first-order valence-electron chi connectivity index (χ1n) is 5.32. The lowest BCUT2D eigenvalue weighted by Crippen LogP contribution is -2.15. The number of phenolic OH excluding ortho intramolecular Hbond substituents is 1. The van der Waals surface area contributed by atoms with E-state index in [0.717, 1.165) is 11.3 Å². The van der Waals surface area contributed by atoms with Crippen LogP contribution >= 0.6 is 11.6 Å². The van der Waals surface area contributed by atoms with Gasteiger partial charge in [0.1, 0.15) is 5.75 Å². The van der Waals surface area contributed by atoms with Crippen molar-refractivity contribution in [3.63, 3.8) is 0 Å². The zero-order chi connectivity index (χ0) is 12.3. The lowest BCUT2D eigenvalue weighted by Gasteiger charge is -2.08. The van der Waals surface area contributed by atoms with Crippen LogP contribution in [0.1, 0.15) is 11.3 Å². The van der Waals surface area contributed by atoms with E-state index in [4.69, 9.17) is 11.6 Å². The summed E-state index contributed by atoms with van der Waals surface area (Å²) in [6, 6.07) is 7.07. The van der Waals surface area contributed by atoms with E-state index in [1.165, 1.54) is 0 Å². The van der Waals surface area contributed by atoms with Crippen molar-refractivity contribution in [2.75, 3.05) is 0 Å². The summed E-state index contributed by atoms with van der Waals surface area (Å²) in [7, 11) is 1.89. The van der Waals surface area contributed by atoms with Crippen LogP contribution in [0.4, 0.5) is 0 Å². The molecule has 90 valence electrons. The lowest BCUT2D eigenvalue weighted by molar-refractivity contribution is 0.464. The number of phenols is 1. The standard InChI is InChI=1S/C12H14ClN3O/c1-16-9(5-6-15-16)7-14-8-10-11(13)3-2-4-12(10)17/h2-6,14,17H,7-8H2,1H3. The van der Waals surface area contributed by atoms with Crippen molar-refractivity contribution in [2.45, 2.75) is 13.1 Å². The Hall–Kier alpha value is -1.52. The highest BCUT2D eigenvalue weighted by molar-refractivity contribution is 6.31. The van der Waals surface area contributed by atoms with Gasteiger partial charge in [-0.05, 0) is 18.2 Å². The molecule has 1 aromatic heterocycles. The number of aryl methyl sites for hydroxylation is 1. The minimum Gasteiger partial charge on any atom is -0.508 e. The summed E-state index contributed by atoms with van der Waals surface area (Å²) in [6.07, 6.45) is 1.75. The Bertz CT molecular complexity index is 490. The average molecular weight is 252 g/mol. The molecule has 2 aromatic rings.